The van der Waals surface area contributed by atoms with Gasteiger partial charge in [0.25, 0.3) is 0 Å². The summed E-state index contributed by atoms with van der Waals surface area (Å²) in [4.78, 5) is 31.9. The number of nitrogens with zero attached hydrogens (tertiary/aromatic N) is 1. The van der Waals surface area contributed by atoms with Crippen molar-refractivity contribution in [3.05, 3.63) is 76.5 Å². The van der Waals surface area contributed by atoms with Crippen molar-refractivity contribution in [3.8, 4) is 5.75 Å². The van der Waals surface area contributed by atoms with Crippen molar-refractivity contribution in [1.29, 1.82) is 0 Å². The van der Waals surface area contributed by atoms with Gasteiger partial charge in [0.15, 0.2) is 5.78 Å². The van der Waals surface area contributed by atoms with Gasteiger partial charge in [-0.1, -0.05) is 42.0 Å². The van der Waals surface area contributed by atoms with Crippen LogP contribution in [0.3, 0.4) is 0 Å². The first-order valence-corrected chi connectivity index (χ1v) is 12.3. The molecule has 2 aromatic rings. The molecule has 0 radical (unpaired) electrons. The Hall–Kier alpha value is -3.21. The van der Waals surface area contributed by atoms with Crippen molar-refractivity contribution in [1.82, 2.24) is 0 Å². The number of carbonyl (C=O) groups excluding carboxylic acids is 2. The maximum atomic E-state index is 13.6. The summed E-state index contributed by atoms with van der Waals surface area (Å²) in [5.74, 6) is -1.28. The number of ketones is 1. The van der Waals surface area contributed by atoms with Crippen LogP contribution < -0.4 is 0 Å². The summed E-state index contributed by atoms with van der Waals surface area (Å²) >= 11 is 0. The molecule has 0 aromatic heterocycles. The zero-order chi connectivity index (χ0) is 23.8. The molecule has 0 amide bonds. The van der Waals surface area contributed by atoms with Crippen molar-refractivity contribution in [2.75, 3.05) is 0 Å². The summed E-state index contributed by atoms with van der Waals surface area (Å²) in [7, 11) is 0. The maximum Gasteiger partial charge on any atom is 0.315 e. The highest BCUT2D eigenvalue weighted by atomic mass is 16.5. The maximum absolute atomic E-state index is 13.6. The number of Topliss-reactive ketones (excluding diaryl/α,β-unsaturated/α-hetero) is 1. The summed E-state index contributed by atoms with van der Waals surface area (Å²) in [6, 6.07) is 15.2. The molecule has 1 saturated carbocycles. The summed E-state index contributed by atoms with van der Waals surface area (Å²) in [5.41, 5.74) is 5.11. The highest BCUT2D eigenvalue weighted by molar-refractivity contribution is 6.09. The minimum absolute atomic E-state index is 0.0232. The van der Waals surface area contributed by atoms with Gasteiger partial charge in [0.05, 0.1) is 0 Å². The minimum Gasteiger partial charge on any atom is -0.508 e. The molecule has 3 aliphatic rings. The van der Waals surface area contributed by atoms with Gasteiger partial charge in [-0.2, -0.15) is 0 Å². The first-order valence-electron chi connectivity index (χ1n) is 12.3. The Kier molecular flexibility index (Phi) is 6.11. The van der Waals surface area contributed by atoms with Crippen LogP contribution in [0.25, 0.3) is 0 Å². The fourth-order valence-corrected chi connectivity index (χ4v) is 5.76. The number of aryl methyl sites for hydroxylation is 1. The van der Waals surface area contributed by atoms with E-state index >= 15 is 0 Å². The van der Waals surface area contributed by atoms with E-state index in [0.717, 1.165) is 42.5 Å². The lowest BCUT2D eigenvalue weighted by Gasteiger charge is -2.37. The number of aromatic hydroxyl groups is 1. The van der Waals surface area contributed by atoms with Crippen molar-refractivity contribution in [2.45, 2.75) is 70.3 Å². The van der Waals surface area contributed by atoms with E-state index in [0.29, 0.717) is 24.1 Å². The number of allylic oxidation sites excluding steroid dienone is 2. The summed E-state index contributed by atoms with van der Waals surface area (Å²) < 4.78 is 5.90. The average molecular weight is 458 g/mol. The average Bonchev–Trinajstić information content (AvgIpc) is 3.31. The van der Waals surface area contributed by atoms with E-state index in [4.69, 9.17) is 9.73 Å². The second-order valence-electron chi connectivity index (χ2n) is 9.95. The van der Waals surface area contributed by atoms with Gasteiger partial charge in [-0.3, -0.25) is 14.6 Å². The predicted octanol–water partition coefficient (Wildman–Crippen LogP) is 5.76. The van der Waals surface area contributed by atoms with Crippen LogP contribution in [0.5, 0.6) is 5.75 Å². The molecule has 5 nitrogen and oxygen atoms in total. The largest absolute Gasteiger partial charge is 0.508 e. The van der Waals surface area contributed by atoms with Gasteiger partial charge in [0.1, 0.15) is 17.8 Å². The number of phenols is 1. The van der Waals surface area contributed by atoms with Crippen LogP contribution in [0.4, 0.5) is 0 Å². The lowest BCUT2D eigenvalue weighted by molar-refractivity contribution is -0.151. The molecule has 0 saturated heterocycles. The molecular weight excluding hydrogens is 426 g/mol. The summed E-state index contributed by atoms with van der Waals surface area (Å²) in [5, 5.41) is 10.2. The first-order chi connectivity index (χ1) is 16.4. The molecule has 176 valence electrons. The molecule has 5 heteroatoms. The molecule has 1 heterocycles. The number of hydrogen-bond acceptors (Lipinski definition) is 5. The van der Waals surface area contributed by atoms with Crippen molar-refractivity contribution >= 4 is 17.5 Å². The highest BCUT2D eigenvalue weighted by Crippen LogP contribution is 2.47. The van der Waals surface area contributed by atoms with E-state index < -0.39 is 11.8 Å². The van der Waals surface area contributed by atoms with Gasteiger partial charge in [0, 0.05) is 29.3 Å². The second kappa shape index (κ2) is 9.21. The lowest BCUT2D eigenvalue weighted by atomic mass is 9.69. The highest BCUT2D eigenvalue weighted by Gasteiger charge is 2.45. The number of phenolic OH excluding ortho intramolecular Hbond substituents is 1. The van der Waals surface area contributed by atoms with Gasteiger partial charge in [0.2, 0.25) is 0 Å². The molecule has 0 spiro atoms. The molecule has 1 aliphatic heterocycles. The molecule has 0 bridgehead atoms. The van der Waals surface area contributed by atoms with Gasteiger partial charge >= 0.3 is 5.97 Å². The third kappa shape index (κ3) is 4.31. The third-order valence-electron chi connectivity index (χ3n) is 7.51. The van der Waals surface area contributed by atoms with Crippen LogP contribution in [-0.4, -0.2) is 28.7 Å². The molecule has 5 rings (SSSR count). The Morgan fingerprint density at radius 1 is 1.00 bits per heavy atom. The first kappa shape index (κ1) is 22.6. The third-order valence-corrected chi connectivity index (χ3v) is 7.51. The van der Waals surface area contributed by atoms with E-state index in [1.165, 1.54) is 5.56 Å². The van der Waals surface area contributed by atoms with E-state index in [9.17, 15) is 14.7 Å². The Morgan fingerprint density at radius 3 is 2.44 bits per heavy atom. The number of ether oxygens (including phenoxy) is 1. The number of rotatable bonds is 4. The quantitative estimate of drug-likeness (QED) is 0.592. The number of hydrogen-bond donors (Lipinski definition) is 1. The molecule has 3 atom stereocenters. The van der Waals surface area contributed by atoms with E-state index in [1.807, 2.05) is 13.0 Å². The number of esters is 1. The molecule has 3 unspecified atom stereocenters. The number of aliphatic imine (C=N–C) groups is 1. The van der Waals surface area contributed by atoms with Crippen molar-refractivity contribution in [2.24, 2.45) is 10.9 Å². The smallest absolute Gasteiger partial charge is 0.315 e. The lowest BCUT2D eigenvalue weighted by Crippen LogP contribution is -2.39. The van der Waals surface area contributed by atoms with Gasteiger partial charge < -0.3 is 9.84 Å². The zero-order valence-electron chi connectivity index (χ0n) is 19.8. The fraction of sp³-hybridized carbons (Fsp3) is 0.414. The van der Waals surface area contributed by atoms with Gasteiger partial charge in [-0.15, -0.1) is 0 Å². The van der Waals surface area contributed by atoms with E-state index in [-0.39, 0.29) is 29.5 Å². The Labute approximate surface area is 200 Å². The number of carbonyl (C=O) groups is 2. The van der Waals surface area contributed by atoms with Crippen LogP contribution >= 0.6 is 0 Å². The fourth-order valence-electron chi connectivity index (χ4n) is 5.76. The van der Waals surface area contributed by atoms with Crippen molar-refractivity contribution in [3.63, 3.8) is 0 Å². The molecular formula is C29H31NO4. The molecule has 2 aliphatic carbocycles. The molecule has 2 aromatic carbocycles. The Bertz CT molecular complexity index is 1170. The monoisotopic (exact) mass is 457 g/mol. The van der Waals surface area contributed by atoms with Crippen LogP contribution in [-0.2, 0) is 14.3 Å². The normalized spacial score (nSPS) is 25.2. The summed E-state index contributed by atoms with van der Waals surface area (Å²) in [6.07, 6.45) is 4.89. The minimum atomic E-state index is -0.666. The van der Waals surface area contributed by atoms with Crippen LogP contribution in [0.1, 0.15) is 74.0 Å². The van der Waals surface area contributed by atoms with E-state index in [2.05, 4.69) is 31.2 Å². The summed E-state index contributed by atoms with van der Waals surface area (Å²) in [6.45, 7) is 3.91. The van der Waals surface area contributed by atoms with Gasteiger partial charge in [-0.25, -0.2) is 0 Å². The second-order valence-corrected chi connectivity index (χ2v) is 9.95. The molecule has 1 fully saturated rings. The standard InChI is InChI=1S/C29H31NO4/c1-17-10-12-19(13-11-17)21-15-24-28(25(32)16-21)27(20-6-5-7-22(31)14-20)26(18(2)30-24)29(33)34-23-8-3-4-9-23/h5-7,10-14,21,23,26-27,31H,3-4,8-9,15-16H2,1-2H3. The van der Waals surface area contributed by atoms with Crippen LogP contribution in [0.15, 0.2) is 64.8 Å². The Morgan fingerprint density at radius 2 is 1.74 bits per heavy atom. The molecule has 1 N–H and O–H groups in total. The molecule has 34 heavy (non-hydrogen) atoms. The Balaban J connectivity index is 1.54. The van der Waals surface area contributed by atoms with E-state index in [1.54, 1.807) is 18.2 Å². The number of benzene rings is 2. The van der Waals surface area contributed by atoms with Gasteiger partial charge in [-0.05, 0) is 75.1 Å². The van der Waals surface area contributed by atoms with Crippen molar-refractivity contribution < 1.29 is 19.4 Å². The van der Waals surface area contributed by atoms with Crippen LogP contribution in [0.2, 0.25) is 0 Å². The predicted molar refractivity (Wildman–Crippen MR) is 131 cm³/mol. The van der Waals surface area contributed by atoms with Crippen LogP contribution in [0, 0.1) is 12.8 Å². The SMILES string of the molecule is CC1=NC2=C(C(=O)CC(c3ccc(C)cc3)C2)C(c2cccc(O)c2)C1C(=O)OC1CCCC1. The topological polar surface area (TPSA) is 76.0 Å². The zero-order valence-corrected chi connectivity index (χ0v) is 19.8.